The van der Waals surface area contributed by atoms with Crippen molar-refractivity contribution in [2.75, 3.05) is 38.7 Å². The van der Waals surface area contributed by atoms with Crippen molar-refractivity contribution in [3.63, 3.8) is 0 Å². The van der Waals surface area contributed by atoms with E-state index in [0.29, 0.717) is 0 Å². The molecule has 0 aliphatic carbocycles. The van der Waals surface area contributed by atoms with Crippen molar-refractivity contribution in [3.05, 3.63) is 0 Å². The molecule has 1 fully saturated rings. The number of halogens is 1. The van der Waals surface area contributed by atoms with Crippen molar-refractivity contribution in [2.45, 2.75) is 12.8 Å². The van der Waals surface area contributed by atoms with E-state index in [2.05, 4.69) is 20.8 Å². The third-order valence-electron chi connectivity index (χ3n) is 2.51. The van der Waals surface area contributed by atoms with Gasteiger partial charge in [-0.1, -0.05) is 15.9 Å². The van der Waals surface area contributed by atoms with Gasteiger partial charge in [-0.05, 0) is 31.8 Å². The van der Waals surface area contributed by atoms with E-state index >= 15 is 0 Å². The van der Waals surface area contributed by atoms with Crippen LogP contribution >= 0.6 is 15.9 Å². The normalized spacial score (nSPS) is 21.5. The maximum Gasteiger partial charge on any atom is 0.0491 e. The molecular weight excluding hydrogens is 218 g/mol. The Morgan fingerprint density at radius 2 is 2.08 bits per heavy atom. The van der Waals surface area contributed by atoms with E-state index in [1.165, 1.54) is 32.5 Å². The van der Waals surface area contributed by atoms with Crippen LogP contribution in [0.3, 0.4) is 0 Å². The zero-order chi connectivity index (χ0) is 8.81. The van der Waals surface area contributed by atoms with Crippen LogP contribution in [-0.2, 0) is 4.74 Å². The maximum atomic E-state index is 5.15. The molecular formula is C9H18BrNO. The summed E-state index contributed by atoms with van der Waals surface area (Å²) in [5.41, 5.74) is 0. The Bertz CT molecular complexity index is 99.1. The standard InChI is InChI=1S/C9H18BrNO/c1-12-8-9-2-5-11(6-3-9)7-4-10/h9H,2-8H2,1H3. The zero-order valence-corrected chi connectivity index (χ0v) is 9.35. The van der Waals surface area contributed by atoms with Gasteiger partial charge in [-0.3, -0.25) is 0 Å². The van der Waals surface area contributed by atoms with Gasteiger partial charge in [0, 0.05) is 25.6 Å². The Balaban J connectivity index is 2.11. The molecule has 1 saturated heterocycles. The molecule has 0 spiro atoms. The average Bonchev–Trinajstić information content (AvgIpc) is 2.09. The minimum atomic E-state index is 0.807. The molecule has 0 aromatic heterocycles. The number of methoxy groups -OCH3 is 1. The van der Waals surface area contributed by atoms with Crippen molar-refractivity contribution in [3.8, 4) is 0 Å². The van der Waals surface area contributed by atoms with Gasteiger partial charge >= 0.3 is 0 Å². The highest BCUT2D eigenvalue weighted by Gasteiger charge is 2.17. The topological polar surface area (TPSA) is 12.5 Å². The molecule has 1 aliphatic rings. The average molecular weight is 236 g/mol. The molecule has 1 aliphatic heterocycles. The fraction of sp³-hybridized carbons (Fsp3) is 1.00. The minimum Gasteiger partial charge on any atom is -0.384 e. The number of likely N-dealkylation sites (tertiary alicyclic amines) is 1. The second-order valence-corrected chi connectivity index (χ2v) is 4.22. The summed E-state index contributed by atoms with van der Waals surface area (Å²) in [6, 6.07) is 0. The highest BCUT2D eigenvalue weighted by Crippen LogP contribution is 2.16. The van der Waals surface area contributed by atoms with E-state index in [1.807, 2.05) is 0 Å². The Labute approximate surface area is 83.4 Å². The Morgan fingerprint density at radius 1 is 1.42 bits per heavy atom. The van der Waals surface area contributed by atoms with Crippen molar-refractivity contribution in [1.29, 1.82) is 0 Å². The second kappa shape index (κ2) is 5.95. The number of rotatable bonds is 4. The Morgan fingerprint density at radius 3 is 2.58 bits per heavy atom. The van der Waals surface area contributed by atoms with E-state index in [4.69, 9.17) is 4.74 Å². The SMILES string of the molecule is COCC1CCN(CCBr)CC1. The first-order valence-corrected chi connectivity index (χ1v) is 5.76. The Hall–Kier alpha value is 0.400. The summed E-state index contributed by atoms with van der Waals surface area (Å²) in [6.07, 6.45) is 2.61. The van der Waals surface area contributed by atoms with Crippen LogP contribution in [0.5, 0.6) is 0 Å². The first-order valence-electron chi connectivity index (χ1n) is 4.64. The lowest BCUT2D eigenvalue weighted by Crippen LogP contribution is -2.36. The zero-order valence-electron chi connectivity index (χ0n) is 7.76. The van der Waals surface area contributed by atoms with Crippen LogP contribution in [0.15, 0.2) is 0 Å². The first-order chi connectivity index (χ1) is 5.86. The molecule has 0 amide bonds. The summed E-state index contributed by atoms with van der Waals surface area (Å²) in [6.45, 7) is 4.64. The monoisotopic (exact) mass is 235 g/mol. The van der Waals surface area contributed by atoms with Gasteiger partial charge in [-0.2, -0.15) is 0 Å². The predicted octanol–water partition coefficient (Wildman–Crippen LogP) is 1.74. The fourth-order valence-electron chi connectivity index (χ4n) is 1.73. The van der Waals surface area contributed by atoms with Gasteiger partial charge in [-0.15, -0.1) is 0 Å². The van der Waals surface area contributed by atoms with Crippen LogP contribution in [0.25, 0.3) is 0 Å². The second-order valence-electron chi connectivity index (χ2n) is 3.43. The minimum absolute atomic E-state index is 0.807. The number of hydrogen-bond donors (Lipinski definition) is 0. The largest absolute Gasteiger partial charge is 0.384 e. The molecule has 0 radical (unpaired) electrons. The van der Waals surface area contributed by atoms with Crippen molar-refractivity contribution in [2.24, 2.45) is 5.92 Å². The molecule has 1 rings (SSSR count). The van der Waals surface area contributed by atoms with Gasteiger partial charge in [0.2, 0.25) is 0 Å². The van der Waals surface area contributed by atoms with E-state index in [1.54, 1.807) is 7.11 Å². The summed E-state index contributed by atoms with van der Waals surface area (Å²) in [5, 5.41) is 1.10. The summed E-state index contributed by atoms with van der Waals surface area (Å²) in [7, 11) is 1.80. The summed E-state index contributed by atoms with van der Waals surface area (Å²) >= 11 is 3.46. The van der Waals surface area contributed by atoms with Crippen LogP contribution < -0.4 is 0 Å². The lowest BCUT2D eigenvalue weighted by Gasteiger charge is -2.30. The molecule has 0 atom stereocenters. The summed E-state index contributed by atoms with van der Waals surface area (Å²) in [4.78, 5) is 2.51. The molecule has 0 bridgehead atoms. The number of ether oxygens (including phenoxy) is 1. The molecule has 72 valence electrons. The Kier molecular flexibility index (Phi) is 5.19. The molecule has 2 nitrogen and oxygen atoms in total. The van der Waals surface area contributed by atoms with Crippen molar-refractivity contribution < 1.29 is 4.74 Å². The molecule has 0 aromatic rings. The highest BCUT2D eigenvalue weighted by atomic mass is 79.9. The number of alkyl halides is 1. The van der Waals surface area contributed by atoms with Crippen LogP contribution in [0.1, 0.15) is 12.8 Å². The van der Waals surface area contributed by atoms with Crippen LogP contribution in [0.2, 0.25) is 0 Å². The van der Waals surface area contributed by atoms with E-state index in [-0.39, 0.29) is 0 Å². The maximum absolute atomic E-state index is 5.15. The van der Waals surface area contributed by atoms with E-state index < -0.39 is 0 Å². The van der Waals surface area contributed by atoms with Crippen molar-refractivity contribution >= 4 is 15.9 Å². The van der Waals surface area contributed by atoms with Gasteiger partial charge in [0.05, 0.1) is 0 Å². The van der Waals surface area contributed by atoms with E-state index in [0.717, 1.165) is 17.9 Å². The first kappa shape index (κ1) is 10.5. The quantitative estimate of drug-likeness (QED) is 0.689. The van der Waals surface area contributed by atoms with Gasteiger partial charge in [0.15, 0.2) is 0 Å². The molecule has 0 saturated carbocycles. The molecule has 0 unspecified atom stereocenters. The molecule has 0 N–H and O–H groups in total. The van der Waals surface area contributed by atoms with Gasteiger partial charge in [-0.25, -0.2) is 0 Å². The predicted molar refractivity (Wildman–Crippen MR) is 54.8 cm³/mol. The van der Waals surface area contributed by atoms with Gasteiger partial charge in [0.25, 0.3) is 0 Å². The van der Waals surface area contributed by atoms with Crippen molar-refractivity contribution in [1.82, 2.24) is 4.90 Å². The smallest absolute Gasteiger partial charge is 0.0491 e. The highest BCUT2D eigenvalue weighted by molar-refractivity contribution is 9.09. The van der Waals surface area contributed by atoms with Crippen LogP contribution in [-0.4, -0.2) is 43.6 Å². The lowest BCUT2D eigenvalue weighted by molar-refractivity contribution is 0.102. The number of piperidine rings is 1. The van der Waals surface area contributed by atoms with Crippen LogP contribution in [0.4, 0.5) is 0 Å². The number of hydrogen-bond acceptors (Lipinski definition) is 2. The molecule has 12 heavy (non-hydrogen) atoms. The van der Waals surface area contributed by atoms with Gasteiger partial charge in [0.1, 0.15) is 0 Å². The lowest BCUT2D eigenvalue weighted by atomic mass is 9.98. The van der Waals surface area contributed by atoms with E-state index in [9.17, 15) is 0 Å². The third kappa shape index (κ3) is 3.42. The fourth-order valence-corrected chi connectivity index (χ4v) is 2.23. The molecule has 3 heteroatoms. The number of nitrogens with zero attached hydrogens (tertiary/aromatic N) is 1. The van der Waals surface area contributed by atoms with Crippen LogP contribution in [0, 0.1) is 5.92 Å². The molecule has 1 heterocycles. The van der Waals surface area contributed by atoms with Gasteiger partial charge < -0.3 is 9.64 Å². The summed E-state index contributed by atoms with van der Waals surface area (Å²) < 4.78 is 5.15. The third-order valence-corrected chi connectivity index (χ3v) is 2.86. The molecule has 0 aromatic carbocycles. The summed E-state index contributed by atoms with van der Waals surface area (Å²) in [5.74, 6) is 0.807.